The van der Waals surface area contributed by atoms with Gasteiger partial charge in [0.1, 0.15) is 12.2 Å². The van der Waals surface area contributed by atoms with Gasteiger partial charge in [-0.1, -0.05) is 0 Å². The molecule has 104 valence electrons. The van der Waals surface area contributed by atoms with E-state index in [2.05, 4.69) is 26.2 Å². The summed E-state index contributed by atoms with van der Waals surface area (Å²) >= 11 is 3.23. The van der Waals surface area contributed by atoms with Crippen molar-refractivity contribution < 1.29 is 19.1 Å². The first kappa shape index (κ1) is 15.4. The van der Waals surface area contributed by atoms with E-state index in [0.717, 1.165) is 0 Å². The van der Waals surface area contributed by atoms with Crippen LogP contribution in [0.3, 0.4) is 0 Å². The highest BCUT2D eigenvalue weighted by atomic mass is 79.9. The molecule has 0 aliphatic rings. The first-order valence-corrected chi connectivity index (χ1v) is 6.53. The molecule has 0 aromatic carbocycles. The van der Waals surface area contributed by atoms with Crippen LogP contribution in [0.15, 0.2) is 16.7 Å². The normalized spacial score (nSPS) is 9.84. The SMILES string of the molecule is CCOC(=O)c1cc(Br)cnc1OCCNC(C)=O. The maximum absolute atomic E-state index is 11.7. The highest BCUT2D eigenvalue weighted by Crippen LogP contribution is 2.20. The topological polar surface area (TPSA) is 77.5 Å². The van der Waals surface area contributed by atoms with Crippen LogP contribution >= 0.6 is 15.9 Å². The van der Waals surface area contributed by atoms with Crippen molar-refractivity contribution in [3.05, 3.63) is 22.3 Å². The summed E-state index contributed by atoms with van der Waals surface area (Å²) in [6.45, 7) is 3.98. The van der Waals surface area contributed by atoms with Gasteiger partial charge in [-0.05, 0) is 28.9 Å². The number of pyridine rings is 1. The first-order valence-electron chi connectivity index (χ1n) is 5.74. The molecular weight excluding hydrogens is 316 g/mol. The van der Waals surface area contributed by atoms with E-state index in [1.807, 2.05) is 0 Å². The van der Waals surface area contributed by atoms with E-state index >= 15 is 0 Å². The zero-order chi connectivity index (χ0) is 14.3. The van der Waals surface area contributed by atoms with Gasteiger partial charge in [0.2, 0.25) is 11.8 Å². The number of aromatic nitrogens is 1. The molecule has 1 aromatic heterocycles. The smallest absolute Gasteiger partial charge is 0.343 e. The lowest BCUT2D eigenvalue weighted by Gasteiger charge is -2.10. The molecule has 19 heavy (non-hydrogen) atoms. The molecule has 0 saturated carbocycles. The Balaban J connectivity index is 2.70. The number of carbonyl (C=O) groups is 2. The van der Waals surface area contributed by atoms with E-state index in [1.165, 1.54) is 13.1 Å². The van der Waals surface area contributed by atoms with Crippen LogP contribution < -0.4 is 10.1 Å². The fourth-order valence-electron chi connectivity index (χ4n) is 1.27. The second-order valence-corrected chi connectivity index (χ2v) is 4.47. The summed E-state index contributed by atoms with van der Waals surface area (Å²) in [6, 6.07) is 1.58. The molecule has 0 spiro atoms. The van der Waals surface area contributed by atoms with Crippen molar-refractivity contribution in [1.82, 2.24) is 10.3 Å². The van der Waals surface area contributed by atoms with E-state index in [9.17, 15) is 9.59 Å². The highest BCUT2D eigenvalue weighted by Gasteiger charge is 2.15. The Bertz CT molecular complexity index is 465. The van der Waals surface area contributed by atoms with Gasteiger partial charge >= 0.3 is 5.97 Å². The maximum Gasteiger partial charge on any atom is 0.343 e. The summed E-state index contributed by atoms with van der Waals surface area (Å²) in [5.41, 5.74) is 0.249. The largest absolute Gasteiger partial charge is 0.475 e. The van der Waals surface area contributed by atoms with Crippen molar-refractivity contribution in [3.63, 3.8) is 0 Å². The number of ether oxygens (including phenoxy) is 2. The van der Waals surface area contributed by atoms with E-state index in [-0.39, 0.29) is 30.6 Å². The molecule has 0 fully saturated rings. The number of hydrogen-bond donors (Lipinski definition) is 1. The lowest BCUT2D eigenvalue weighted by atomic mass is 10.3. The second-order valence-electron chi connectivity index (χ2n) is 3.56. The molecule has 0 bridgehead atoms. The number of halogens is 1. The Labute approximate surface area is 119 Å². The quantitative estimate of drug-likeness (QED) is 0.632. The van der Waals surface area contributed by atoms with Crippen LogP contribution in [0.4, 0.5) is 0 Å². The lowest BCUT2D eigenvalue weighted by Crippen LogP contribution is -2.26. The van der Waals surface area contributed by atoms with Crippen LogP contribution in [0.1, 0.15) is 24.2 Å². The average molecular weight is 331 g/mol. The van der Waals surface area contributed by atoms with E-state index in [4.69, 9.17) is 9.47 Å². The molecule has 1 N–H and O–H groups in total. The van der Waals surface area contributed by atoms with Crippen molar-refractivity contribution in [2.45, 2.75) is 13.8 Å². The molecule has 7 heteroatoms. The minimum atomic E-state index is -0.495. The lowest BCUT2D eigenvalue weighted by molar-refractivity contribution is -0.119. The number of amides is 1. The monoisotopic (exact) mass is 330 g/mol. The molecule has 6 nitrogen and oxygen atoms in total. The third-order valence-corrected chi connectivity index (χ3v) is 2.46. The standard InChI is InChI=1S/C12H15BrN2O4/c1-3-18-12(17)10-6-9(13)7-15-11(10)19-5-4-14-8(2)16/h6-7H,3-5H2,1-2H3,(H,14,16). The number of nitrogens with zero attached hydrogens (tertiary/aromatic N) is 1. The molecular formula is C12H15BrN2O4. The molecule has 0 radical (unpaired) electrons. The highest BCUT2D eigenvalue weighted by molar-refractivity contribution is 9.10. The molecule has 0 saturated heterocycles. The predicted molar refractivity (Wildman–Crippen MR) is 72.1 cm³/mol. The first-order chi connectivity index (χ1) is 9.04. The van der Waals surface area contributed by atoms with E-state index in [0.29, 0.717) is 11.0 Å². The van der Waals surface area contributed by atoms with Gasteiger partial charge in [-0.2, -0.15) is 0 Å². The van der Waals surface area contributed by atoms with Crippen LogP contribution in [-0.4, -0.2) is 36.6 Å². The van der Waals surface area contributed by atoms with Gasteiger partial charge < -0.3 is 14.8 Å². The minimum Gasteiger partial charge on any atom is -0.475 e. The van der Waals surface area contributed by atoms with Gasteiger partial charge in [0, 0.05) is 17.6 Å². The zero-order valence-corrected chi connectivity index (χ0v) is 12.3. The van der Waals surface area contributed by atoms with Gasteiger partial charge in [-0.15, -0.1) is 0 Å². The van der Waals surface area contributed by atoms with Crippen molar-refractivity contribution >= 4 is 27.8 Å². The predicted octanol–water partition coefficient (Wildman–Crippen LogP) is 1.54. The summed E-state index contributed by atoms with van der Waals surface area (Å²) in [6.07, 6.45) is 1.52. The minimum absolute atomic E-state index is 0.141. The fourth-order valence-corrected chi connectivity index (χ4v) is 1.60. The van der Waals surface area contributed by atoms with Crippen LogP contribution in [0.2, 0.25) is 0 Å². The average Bonchev–Trinajstić information content (AvgIpc) is 2.36. The van der Waals surface area contributed by atoms with Gasteiger partial charge in [-0.3, -0.25) is 4.79 Å². The van der Waals surface area contributed by atoms with Crippen LogP contribution in [-0.2, 0) is 9.53 Å². The third kappa shape index (κ3) is 5.25. The van der Waals surface area contributed by atoms with E-state index < -0.39 is 5.97 Å². The Hall–Kier alpha value is -1.63. The Morgan fingerprint density at radius 3 is 2.84 bits per heavy atom. The maximum atomic E-state index is 11.7. The third-order valence-electron chi connectivity index (χ3n) is 2.03. The molecule has 1 amide bonds. The summed E-state index contributed by atoms with van der Waals surface area (Å²) < 4.78 is 10.9. The number of rotatable bonds is 6. The van der Waals surface area contributed by atoms with Crippen LogP contribution in [0, 0.1) is 0 Å². The fraction of sp³-hybridized carbons (Fsp3) is 0.417. The Morgan fingerprint density at radius 1 is 1.47 bits per heavy atom. The number of hydrogen-bond acceptors (Lipinski definition) is 5. The molecule has 0 unspecified atom stereocenters. The molecule has 1 rings (SSSR count). The van der Waals surface area contributed by atoms with Crippen molar-refractivity contribution in [1.29, 1.82) is 0 Å². The van der Waals surface area contributed by atoms with Crippen molar-refractivity contribution in [2.75, 3.05) is 19.8 Å². The number of nitrogens with one attached hydrogen (secondary N) is 1. The molecule has 1 aromatic rings. The van der Waals surface area contributed by atoms with Gasteiger partial charge in [0.15, 0.2) is 0 Å². The molecule has 0 aliphatic carbocycles. The van der Waals surface area contributed by atoms with Gasteiger partial charge in [0.05, 0.1) is 13.2 Å². The number of esters is 1. The summed E-state index contributed by atoms with van der Waals surface area (Å²) in [5.74, 6) is -0.448. The second kappa shape index (κ2) is 7.73. The number of carbonyl (C=O) groups excluding carboxylic acids is 2. The zero-order valence-electron chi connectivity index (χ0n) is 10.7. The summed E-state index contributed by atoms with van der Waals surface area (Å²) in [7, 11) is 0. The molecule has 0 aliphatic heterocycles. The molecule has 1 heterocycles. The van der Waals surface area contributed by atoms with Gasteiger partial charge in [-0.25, -0.2) is 9.78 Å². The molecule has 0 atom stereocenters. The van der Waals surface area contributed by atoms with Crippen LogP contribution in [0.25, 0.3) is 0 Å². The summed E-state index contributed by atoms with van der Waals surface area (Å²) in [4.78, 5) is 26.4. The van der Waals surface area contributed by atoms with Crippen molar-refractivity contribution in [2.24, 2.45) is 0 Å². The van der Waals surface area contributed by atoms with E-state index in [1.54, 1.807) is 13.0 Å². The van der Waals surface area contributed by atoms with Gasteiger partial charge in [0.25, 0.3) is 0 Å². The Kier molecular flexibility index (Phi) is 6.27. The Morgan fingerprint density at radius 2 is 2.21 bits per heavy atom. The summed E-state index contributed by atoms with van der Waals surface area (Å²) in [5, 5.41) is 2.58. The van der Waals surface area contributed by atoms with Crippen LogP contribution in [0.5, 0.6) is 5.88 Å². The van der Waals surface area contributed by atoms with Crippen molar-refractivity contribution in [3.8, 4) is 5.88 Å².